The van der Waals surface area contributed by atoms with Crippen molar-refractivity contribution in [3.63, 3.8) is 0 Å². The number of anilines is 1. The smallest absolute Gasteiger partial charge is 0.294 e. The highest BCUT2D eigenvalue weighted by molar-refractivity contribution is 5.47. The summed E-state index contributed by atoms with van der Waals surface area (Å²) < 4.78 is 52.5. The molecule has 6 heteroatoms. The van der Waals surface area contributed by atoms with E-state index in [1.54, 1.807) is 6.07 Å². The van der Waals surface area contributed by atoms with Crippen molar-refractivity contribution in [1.29, 1.82) is 0 Å². The van der Waals surface area contributed by atoms with Gasteiger partial charge in [-0.2, -0.15) is 13.2 Å². The topological polar surface area (TPSA) is 29.3 Å². The van der Waals surface area contributed by atoms with E-state index in [9.17, 15) is 17.6 Å². The Morgan fingerprint density at radius 2 is 1.45 bits per heavy atom. The van der Waals surface area contributed by atoms with E-state index >= 15 is 0 Å². The van der Waals surface area contributed by atoms with E-state index in [1.165, 1.54) is 36.4 Å². The van der Waals surface area contributed by atoms with E-state index in [4.69, 9.17) is 5.84 Å². The molecule has 2 rings (SSSR count). The Kier molecular flexibility index (Phi) is 3.94. The fourth-order valence-corrected chi connectivity index (χ4v) is 1.90. The van der Waals surface area contributed by atoms with Crippen molar-refractivity contribution >= 4 is 5.69 Å². The summed E-state index contributed by atoms with van der Waals surface area (Å²) in [4.78, 5) is 0. The lowest BCUT2D eigenvalue weighted by Gasteiger charge is -2.31. The number of alkyl halides is 3. The van der Waals surface area contributed by atoms with Crippen molar-refractivity contribution in [3.8, 4) is 0 Å². The maximum Gasteiger partial charge on any atom is 0.414 e. The molecule has 0 radical (unpaired) electrons. The van der Waals surface area contributed by atoms with Gasteiger partial charge >= 0.3 is 6.18 Å². The van der Waals surface area contributed by atoms with Gasteiger partial charge in [-0.1, -0.05) is 30.3 Å². The molecule has 0 bridgehead atoms. The first-order valence-electron chi connectivity index (χ1n) is 5.81. The third kappa shape index (κ3) is 3.08. The Bertz CT molecular complexity index is 552. The van der Waals surface area contributed by atoms with Crippen LogP contribution in [0.3, 0.4) is 0 Å². The van der Waals surface area contributed by atoms with Gasteiger partial charge in [0.05, 0.1) is 5.69 Å². The van der Waals surface area contributed by atoms with Crippen LogP contribution in [0, 0.1) is 5.82 Å². The Hall–Kier alpha value is -2.08. The minimum Gasteiger partial charge on any atom is -0.294 e. The molecular weight excluding hydrogens is 272 g/mol. The van der Waals surface area contributed by atoms with Crippen LogP contribution in [-0.4, -0.2) is 6.18 Å². The number of nitrogens with two attached hydrogens (primary N) is 1. The van der Waals surface area contributed by atoms with Crippen LogP contribution in [0.15, 0.2) is 54.6 Å². The summed E-state index contributed by atoms with van der Waals surface area (Å²) in [5, 5.41) is 0.592. The van der Waals surface area contributed by atoms with Gasteiger partial charge in [0.1, 0.15) is 5.82 Å². The van der Waals surface area contributed by atoms with E-state index in [1.807, 2.05) is 0 Å². The van der Waals surface area contributed by atoms with E-state index in [-0.39, 0.29) is 11.3 Å². The Balaban J connectivity index is 2.39. The molecule has 1 atom stereocenters. The van der Waals surface area contributed by atoms with Gasteiger partial charge in [-0.15, -0.1) is 0 Å². The van der Waals surface area contributed by atoms with Crippen molar-refractivity contribution in [2.45, 2.75) is 12.2 Å². The van der Waals surface area contributed by atoms with Crippen molar-refractivity contribution < 1.29 is 17.6 Å². The molecule has 2 aromatic carbocycles. The number of nitrogens with zero attached hydrogens (tertiary/aromatic N) is 1. The first-order valence-corrected chi connectivity index (χ1v) is 5.81. The van der Waals surface area contributed by atoms with Crippen LogP contribution in [0.25, 0.3) is 0 Å². The van der Waals surface area contributed by atoms with E-state index in [2.05, 4.69) is 0 Å². The molecule has 0 saturated heterocycles. The van der Waals surface area contributed by atoms with Gasteiger partial charge in [-0.05, 0) is 29.8 Å². The zero-order valence-corrected chi connectivity index (χ0v) is 10.3. The van der Waals surface area contributed by atoms with Crippen LogP contribution in [0.4, 0.5) is 23.2 Å². The lowest BCUT2D eigenvalue weighted by molar-refractivity contribution is -0.150. The fourth-order valence-electron chi connectivity index (χ4n) is 1.90. The lowest BCUT2D eigenvalue weighted by Crippen LogP contribution is -2.43. The minimum atomic E-state index is -4.55. The minimum absolute atomic E-state index is 0.0202. The van der Waals surface area contributed by atoms with Crippen molar-refractivity contribution in [3.05, 3.63) is 66.0 Å². The highest BCUT2D eigenvalue weighted by atomic mass is 19.4. The molecule has 2 N–H and O–H groups in total. The maximum atomic E-state index is 13.2. The van der Waals surface area contributed by atoms with Crippen LogP contribution >= 0.6 is 0 Å². The monoisotopic (exact) mass is 284 g/mol. The van der Waals surface area contributed by atoms with Crippen LogP contribution in [-0.2, 0) is 0 Å². The van der Waals surface area contributed by atoms with Crippen LogP contribution in [0.1, 0.15) is 11.6 Å². The van der Waals surface area contributed by atoms with Crippen LogP contribution in [0.2, 0.25) is 0 Å². The number of hydrazine groups is 1. The van der Waals surface area contributed by atoms with Crippen molar-refractivity contribution in [2.24, 2.45) is 5.84 Å². The predicted octanol–water partition coefficient (Wildman–Crippen LogP) is 3.81. The second kappa shape index (κ2) is 5.50. The second-order valence-electron chi connectivity index (χ2n) is 4.24. The highest BCUT2D eigenvalue weighted by Gasteiger charge is 2.44. The summed E-state index contributed by atoms with van der Waals surface area (Å²) in [7, 11) is 0. The summed E-state index contributed by atoms with van der Waals surface area (Å²) in [5.41, 5.74) is 0.101. The summed E-state index contributed by atoms with van der Waals surface area (Å²) in [6.45, 7) is 0. The molecule has 0 spiro atoms. The molecule has 0 saturated carbocycles. The molecule has 0 aromatic heterocycles. The average Bonchev–Trinajstić information content (AvgIpc) is 2.39. The van der Waals surface area contributed by atoms with Crippen LogP contribution < -0.4 is 10.9 Å². The summed E-state index contributed by atoms with van der Waals surface area (Å²) in [5.74, 6) is 5.06. The average molecular weight is 284 g/mol. The standard InChI is InChI=1S/C14H12F4N2/c15-11-6-8-12(9-7-11)20(19)13(14(16,17)18)10-4-2-1-3-5-10/h1-9,13H,19H2. The van der Waals surface area contributed by atoms with Gasteiger partial charge in [0.25, 0.3) is 0 Å². The Labute approximate surface area is 113 Å². The van der Waals surface area contributed by atoms with Gasteiger partial charge in [0.2, 0.25) is 0 Å². The summed E-state index contributed by atoms with van der Waals surface area (Å²) >= 11 is 0. The first kappa shape index (κ1) is 14.3. The Morgan fingerprint density at radius 3 is 1.95 bits per heavy atom. The largest absolute Gasteiger partial charge is 0.414 e. The van der Waals surface area contributed by atoms with Gasteiger partial charge < -0.3 is 0 Å². The highest BCUT2D eigenvalue weighted by Crippen LogP contribution is 2.38. The first-order chi connectivity index (χ1) is 9.39. The maximum absolute atomic E-state index is 13.2. The molecular formula is C14H12F4N2. The molecule has 0 aliphatic heterocycles. The molecule has 0 fully saturated rings. The zero-order chi connectivity index (χ0) is 14.8. The normalized spacial score (nSPS) is 13.1. The molecule has 2 aromatic rings. The molecule has 0 aliphatic carbocycles. The van der Waals surface area contributed by atoms with E-state index in [0.29, 0.717) is 5.01 Å². The van der Waals surface area contributed by atoms with Gasteiger partial charge in [-0.3, -0.25) is 5.01 Å². The summed E-state index contributed by atoms with van der Waals surface area (Å²) in [6.07, 6.45) is -4.55. The summed E-state index contributed by atoms with van der Waals surface area (Å²) in [6, 6.07) is 9.88. The Morgan fingerprint density at radius 1 is 0.900 bits per heavy atom. The van der Waals surface area contributed by atoms with Gasteiger partial charge in [0.15, 0.2) is 6.04 Å². The fraction of sp³-hybridized carbons (Fsp3) is 0.143. The molecule has 106 valence electrons. The van der Waals surface area contributed by atoms with E-state index < -0.39 is 18.0 Å². The number of halogens is 4. The predicted molar refractivity (Wildman–Crippen MR) is 68.3 cm³/mol. The number of rotatable bonds is 3. The molecule has 20 heavy (non-hydrogen) atoms. The third-order valence-corrected chi connectivity index (χ3v) is 2.83. The second-order valence-corrected chi connectivity index (χ2v) is 4.24. The van der Waals surface area contributed by atoms with Crippen LogP contribution in [0.5, 0.6) is 0 Å². The molecule has 0 aliphatic rings. The third-order valence-electron chi connectivity index (χ3n) is 2.83. The van der Waals surface area contributed by atoms with Gasteiger partial charge in [0, 0.05) is 0 Å². The van der Waals surface area contributed by atoms with Crippen molar-refractivity contribution in [2.75, 3.05) is 5.01 Å². The number of hydrogen-bond acceptors (Lipinski definition) is 2. The molecule has 0 heterocycles. The van der Waals surface area contributed by atoms with E-state index in [0.717, 1.165) is 12.1 Å². The van der Waals surface area contributed by atoms with Crippen molar-refractivity contribution in [1.82, 2.24) is 0 Å². The lowest BCUT2D eigenvalue weighted by atomic mass is 10.1. The SMILES string of the molecule is NN(c1ccc(F)cc1)C(c1ccccc1)C(F)(F)F. The number of hydrogen-bond donors (Lipinski definition) is 1. The van der Waals surface area contributed by atoms with Gasteiger partial charge in [-0.25, -0.2) is 10.2 Å². The quantitative estimate of drug-likeness (QED) is 0.527. The molecule has 0 amide bonds. The molecule has 1 unspecified atom stereocenters. The zero-order valence-electron chi connectivity index (χ0n) is 10.3. The molecule has 2 nitrogen and oxygen atoms in total. The number of benzene rings is 2.